The van der Waals surface area contributed by atoms with Crippen LogP contribution in [-0.4, -0.2) is 25.5 Å². The fraction of sp³-hybridized carbons (Fsp3) is 0.538. The van der Waals surface area contributed by atoms with E-state index in [1.807, 2.05) is 12.1 Å². The average Bonchev–Trinajstić information content (AvgIpc) is 2.30. The fourth-order valence-corrected chi connectivity index (χ4v) is 2.17. The van der Waals surface area contributed by atoms with E-state index in [0.717, 1.165) is 5.69 Å². The first kappa shape index (κ1) is 15.2. The minimum atomic E-state index is -2.41. The molecule has 0 spiro atoms. The van der Waals surface area contributed by atoms with Gasteiger partial charge in [-0.25, -0.2) is 0 Å². The highest BCUT2D eigenvalue weighted by Crippen LogP contribution is 2.32. The topological polar surface area (TPSA) is 21.3 Å². The van der Waals surface area contributed by atoms with Crippen molar-refractivity contribution in [1.82, 2.24) is 0 Å². The van der Waals surface area contributed by atoms with E-state index in [2.05, 4.69) is 19.2 Å². The van der Waals surface area contributed by atoms with Gasteiger partial charge in [0.15, 0.2) is 0 Å². The molecule has 1 atom stereocenters. The summed E-state index contributed by atoms with van der Waals surface area (Å²) >= 11 is 0.560. The van der Waals surface area contributed by atoms with E-state index >= 15 is 0 Å². The van der Waals surface area contributed by atoms with Crippen molar-refractivity contribution in [2.45, 2.75) is 30.5 Å². The molecule has 0 radical (unpaired) electrons. The monoisotopic (exact) mass is 275 g/mol. The molecule has 0 saturated carbocycles. The van der Waals surface area contributed by atoms with Gasteiger partial charge in [0.05, 0.1) is 12.6 Å². The molecule has 0 bridgehead atoms. The Morgan fingerprint density at radius 1 is 1.28 bits per heavy atom. The van der Waals surface area contributed by atoms with Crippen molar-refractivity contribution >= 4 is 17.4 Å². The third kappa shape index (κ3) is 4.82. The van der Waals surface area contributed by atoms with Crippen LogP contribution in [0.25, 0.3) is 0 Å². The van der Waals surface area contributed by atoms with Gasteiger partial charge in [-0.1, -0.05) is 37.7 Å². The van der Waals surface area contributed by atoms with Crippen molar-refractivity contribution in [3.05, 3.63) is 24.3 Å². The Kier molecular flexibility index (Phi) is 6.43. The lowest BCUT2D eigenvalue weighted by Gasteiger charge is -2.24. The number of alkyl halides is 2. The molecule has 1 unspecified atom stereocenters. The summed E-state index contributed by atoms with van der Waals surface area (Å²) in [5, 5.41) is 3.27. The Hall–Kier alpha value is -0.810. The number of rotatable bonds is 7. The van der Waals surface area contributed by atoms with Gasteiger partial charge in [-0.15, -0.1) is 0 Å². The number of methoxy groups -OCH3 is 1. The normalized spacial score (nSPS) is 13.1. The van der Waals surface area contributed by atoms with Gasteiger partial charge in [0.1, 0.15) is 0 Å². The van der Waals surface area contributed by atoms with E-state index in [1.165, 1.54) is 0 Å². The zero-order valence-corrected chi connectivity index (χ0v) is 11.6. The van der Waals surface area contributed by atoms with Crippen LogP contribution in [0.15, 0.2) is 29.2 Å². The number of benzene rings is 1. The zero-order valence-electron chi connectivity index (χ0n) is 10.8. The number of ether oxygens (including phenoxy) is 1. The molecule has 0 aliphatic heterocycles. The second-order valence-corrected chi connectivity index (χ2v) is 5.36. The largest absolute Gasteiger partial charge is 0.383 e. The van der Waals surface area contributed by atoms with Crippen molar-refractivity contribution in [3.63, 3.8) is 0 Å². The molecule has 0 aliphatic carbocycles. The average molecular weight is 275 g/mol. The van der Waals surface area contributed by atoms with Gasteiger partial charge < -0.3 is 10.1 Å². The van der Waals surface area contributed by atoms with E-state index in [0.29, 0.717) is 29.2 Å². The van der Waals surface area contributed by atoms with Crippen LogP contribution in [0.5, 0.6) is 0 Å². The summed E-state index contributed by atoms with van der Waals surface area (Å²) in [7, 11) is 1.64. The van der Waals surface area contributed by atoms with Crippen LogP contribution < -0.4 is 5.32 Å². The standard InChI is InChI=1S/C13H19F2NOS/c1-9(2)11(8-17-3)16-10-6-4-5-7-12(10)18-13(14)15/h4-7,9,11,13,16H,8H2,1-3H3. The third-order valence-electron chi connectivity index (χ3n) is 2.59. The molecule has 1 N–H and O–H groups in total. The number of anilines is 1. The summed E-state index contributed by atoms with van der Waals surface area (Å²) in [6, 6.07) is 7.21. The number of halogens is 2. The first-order chi connectivity index (χ1) is 8.54. The molecule has 1 rings (SSSR count). The van der Waals surface area contributed by atoms with Crippen LogP contribution in [0, 0.1) is 5.92 Å². The molecule has 5 heteroatoms. The van der Waals surface area contributed by atoms with E-state index < -0.39 is 5.76 Å². The minimum Gasteiger partial charge on any atom is -0.383 e. The maximum absolute atomic E-state index is 12.5. The zero-order chi connectivity index (χ0) is 13.5. The molecule has 0 aromatic heterocycles. The lowest BCUT2D eigenvalue weighted by molar-refractivity contribution is 0.171. The summed E-state index contributed by atoms with van der Waals surface area (Å²) < 4.78 is 30.1. The smallest absolute Gasteiger partial charge is 0.288 e. The maximum atomic E-state index is 12.5. The Labute approximate surface area is 111 Å². The molecule has 1 aromatic carbocycles. The predicted molar refractivity (Wildman–Crippen MR) is 72.4 cm³/mol. The van der Waals surface area contributed by atoms with E-state index in [-0.39, 0.29) is 6.04 Å². The van der Waals surface area contributed by atoms with Crippen LogP contribution in [0.4, 0.5) is 14.5 Å². The molecule has 18 heavy (non-hydrogen) atoms. The molecule has 0 fully saturated rings. The van der Waals surface area contributed by atoms with Gasteiger partial charge in [-0.2, -0.15) is 8.78 Å². The summed E-state index contributed by atoms with van der Waals surface area (Å²) in [4.78, 5) is 0.564. The van der Waals surface area contributed by atoms with Gasteiger partial charge in [-0.3, -0.25) is 0 Å². The Morgan fingerprint density at radius 2 is 1.94 bits per heavy atom. The quantitative estimate of drug-likeness (QED) is 0.757. The maximum Gasteiger partial charge on any atom is 0.288 e. The molecule has 0 heterocycles. The van der Waals surface area contributed by atoms with E-state index in [4.69, 9.17) is 4.74 Å². The molecule has 2 nitrogen and oxygen atoms in total. The van der Waals surface area contributed by atoms with Gasteiger partial charge >= 0.3 is 0 Å². The van der Waals surface area contributed by atoms with Gasteiger partial charge in [0.25, 0.3) is 5.76 Å². The van der Waals surface area contributed by atoms with Crippen molar-refractivity contribution in [2.75, 3.05) is 19.0 Å². The molecule has 1 aromatic rings. The van der Waals surface area contributed by atoms with E-state index in [9.17, 15) is 8.78 Å². The number of hydrogen-bond donors (Lipinski definition) is 1. The lowest BCUT2D eigenvalue weighted by Crippen LogP contribution is -2.30. The van der Waals surface area contributed by atoms with Gasteiger partial charge in [0.2, 0.25) is 0 Å². The summed E-state index contributed by atoms with van der Waals surface area (Å²) in [6.07, 6.45) is 0. The van der Waals surface area contributed by atoms with E-state index in [1.54, 1.807) is 19.2 Å². The fourth-order valence-electron chi connectivity index (χ4n) is 1.56. The Morgan fingerprint density at radius 3 is 2.50 bits per heavy atom. The van der Waals surface area contributed by atoms with Crippen molar-refractivity contribution in [2.24, 2.45) is 5.92 Å². The van der Waals surface area contributed by atoms with Gasteiger partial charge in [-0.05, 0) is 18.1 Å². The van der Waals surface area contributed by atoms with Crippen LogP contribution in [0.3, 0.4) is 0 Å². The molecular weight excluding hydrogens is 256 g/mol. The first-order valence-corrected chi connectivity index (χ1v) is 6.72. The number of nitrogens with one attached hydrogen (secondary N) is 1. The van der Waals surface area contributed by atoms with Crippen molar-refractivity contribution < 1.29 is 13.5 Å². The molecule has 0 saturated heterocycles. The lowest BCUT2D eigenvalue weighted by atomic mass is 10.1. The highest BCUT2D eigenvalue weighted by molar-refractivity contribution is 7.99. The Balaban J connectivity index is 2.81. The number of para-hydroxylation sites is 1. The number of hydrogen-bond acceptors (Lipinski definition) is 3. The van der Waals surface area contributed by atoms with Crippen LogP contribution in [-0.2, 0) is 4.74 Å². The number of thioether (sulfide) groups is 1. The first-order valence-electron chi connectivity index (χ1n) is 5.84. The molecule has 0 amide bonds. The predicted octanol–water partition coefficient (Wildman–Crippen LogP) is 4.08. The van der Waals surface area contributed by atoms with Crippen LogP contribution >= 0.6 is 11.8 Å². The summed E-state index contributed by atoms with van der Waals surface area (Å²) in [6.45, 7) is 4.68. The SMILES string of the molecule is COCC(Nc1ccccc1SC(F)F)C(C)C. The third-order valence-corrected chi connectivity index (χ3v) is 3.38. The van der Waals surface area contributed by atoms with Crippen molar-refractivity contribution in [1.29, 1.82) is 0 Å². The highest BCUT2D eigenvalue weighted by atomic mass is 32.2. The molecule has 102 valence electrons. The van der Waals surface area contributed by atoms with Gasteiger partial charge in [0, 0.05) is 17.7 Å². The van der Waals surface area contributed by atoms with Crippen LogP contribution in [0.1, 0.15) is 13.8 Å². The minimum absolute atomic E-state index is 0.106. The Bertz CT molecular complexity index is 361. The summed E-state index contributed by atoms with van der Waals surface area (Å²) in [5.74, 6) is -2.05. The summed E-state index contributed by atoms with van der Waals surface area (Å²) in [5.41, 5.74) is 0.735. The second kappa shape index (κ2) is 7.59. The molecule has 0 aliphatic rings. The molecular formula is C13H19F2NOS. The second-order valence-electron chi connectivity index (χ2n) is 4.32. The highest BCUT2D eigenvalue weighted by Gasteiger charge is 2.16. The van der Waals surface area contributed by atoms with Crippen LogP contribution in [0.2, 0.25) is 0 Å². The van der Waals surface area contributed by atoms with Crippen molar-refractivity contribution in [3.8, 4) is 0 Å².